The standard InChI is InChI=1S/C8H11NO3.C8H11NO2.C4H6O6/c9-4-8(12)5-1-2-6(10)7(11)3-5;9-4-3-6-1-2-7(10)8(11)5-6;5-1(3(7)8)2(6)4(9)10/h1-3,8,10-12H,4,9H2;1-2,5,10-11H,3-4,9H2;1-2,5-6H,(H,7,8)(H,9,10)/t8-;;/m0../s1. The Kier molecular flexibility index (Phi) is 12.9. The highest BCUT2D eigenvalue weighted by Crippen LogP contribution is 2.27. The van der Waals surface area contributed by atoms with Gasteiger partial charge in [0.25, 0.3) is 0 Å². The highest BCUT2D eigenvalue weighted by molar-refractivity contribution is 5.83. The Labute approximate surface area is 188 Å². The number of phenols is 4. The molecule has 0 aliphatic carbocycles. The molecule has 2 aromatic carbocycles. The average molecular weight is 472 g/mol. The van der Waals surface area contributed by atoms with E-state index in [9.17, 15) is 14.7 Å². The second-order valence-electron chi connectivity index (χ2n) is 6.43. The molecular formula is C20H28N2O11. The molecule has 13 N–H and O–H groups in total. The third-order valence-electron chi connectivity index (χ3n) is 3.89. The van der Waals surface area contributed by atoms with Crippen molar-refractivity contribution in [1.29, 1.82) is 0 Å². The molecule has 33 heavy (non-hydrogen) atoms. The molecule has 13 heteroatoms. The molecule has 0 aliphatic rings. The summed E-state index contributed by atoms with van der Waals surface area (Å²) in [6, 6.07) is 8.81. The van der Waals surface area contributed by atoms with E-state index in [-0.39, 0.29) is 29.5 Å². The minimum Gasteiger partial charge on any atom is -0.504 e. The minimum atomic E-state index is -2.27. The van der Waals surface area contributed by atoms with Gasteiger partial charge in [-0.05, 0) is 48.4 Å². The van der Waals surface area contributed by atoms with E-state index in [1.54, 1.807) is 6.07 Å². The van der Waals surface area contributed by atoms with Crippen LogP contribution in [0.25, 0.3) is 0 Å². The quantitative estimate of drug-likeness (QED) is 0.206. The summed E-state index contributed by atoms with van der Waals surface area (Å²) in [5.41, 5.74) is 11.9. The summed E-state index contributed by atoms with van der Waals surface area (Å²) < 4.78 is 0. The fourth-order valence-corrected chi connectivity index (χ4v) is 2.05. The molecule has 3 atom stereocenters. The van der Waals surface area contributed by atoms with Gasteiger partial charge in [0, 0.05) is 6.54 Å². The minimum absolute atomic E-state index is 0.0871. The molecule has 0 bridgehead atoms. The lowest BCUT2D eigenvalue weighted by Crippen LogP contribution is -2.39. The van der Waals surface area contributed by atoms with Gasteiger partial charge in [0.2, 0.25) is 0 Å². The van der Waals surface area contributed by atoms with Gasteiger partial charge in [-0.25, -0.2) is 9.59 Å². The van der Waals surface area contributed by atoms with Crippen molar-refractivity contribution < 1.29 is 55.5 Å². The first-order valence-corrected chi connectivity index (χ1v) is 9.28. The van der Waals surface area contributed by atoms with Crippen molar-refractivity contribution in [1.82, 2.24) is 0 Å². The smallest absolute Gasteiger partial charge is 0.335 e. The molecule has 0 heterocycles. The van der Waals surface area contributed by atoms with Crippen LogP contribution in [0.15, 0.2) is 36.4 Å². The fraction of sp³-hybridized carbons (Fsp3) is 0.300. The highest BCUT2D eigenvalue weighted by Gasteiger charge is 2.29. The Morgan fingerprint density at radius 3 is 1.55 bits per heavy atom. The molecule has 2 aromatic rings. The zero-order chi connectivity index (χ0) is 25.7. The van der Waals surface area contributed by atoms with Gasteiger partial charge in [0.05, 0.1) is 6.10 Å². The number of rotatable bonds is 7. The van der Waals surface area contributed by atoms with Crippen molar-refractivity contribution in [2.75, 3.05) is 13.1 Å². The number of aliphatic hydroxyl groups is 3. The molecule has 13 nitrogen and oxygen atoms in total. The zero-order valence-corrected chi connectivity index (χ0v) is 17.3. The Balaban J connectivity index is 0.000000468. The second kappa shape index (κ2) is 14.4. The van der Waals surface area contributed by atoms with E-state index in [0.29, 0.717) is 18.5 Å². The van der Waals surface area contributed by atoms with Crippen LogP contribution in [0.3, 0.4) is 0 Å². The van der Waals surface area contributed by atoms with Gasteiger partial charge in [-0.15, -0.1) is 0 Å². The van der Waals surface area contributed by atoms with Gasteiger partial charge in [0.15, 0.2) is 35.2 Å². The van der Waals surface area contributed by atoms with Crippen molar-refractivity contribution >= 4 is 11.9 Å². The van der Waals surface area contributed by atoms with Crippen molar-refractivity contribution in [2.24, 2.45) is 11.5 Å². The number of phenolic OH excluding ortho intramolecular Hbond substituents is 4. The SMILES string of the molecule is NCCc1ccc(O)c(O)c1.NC[C@H](O)c1ccc(O)c(O)c1.O=C(O)C(O)C(O)C(=O)O. The van der Waals surface area contributed by atoms with Crippen molar-refractivity contribution in [3.63, 3.8) is 0 Å². The van der Waals surface area contributed by atoms with Crippen LogP contribution in [0.5, 0.6) is 23.0 Å². The lowest BCUT2D eigenvalue weighted by molar-refractivity contribution is -0.165. The number of aliphatic hydroxyl groups excluding tert-OH is 3. The number of hydrogen-bond donors (Lipinski definition) is 11. The zero-order valence-electron chi connectivity index (χ0n) is 17.3. The molecule has 0 amide bonds. The summed E-state index contributed by atoms with van der Waals surface area (Å²) in [7, 11) is 0. The molecular weight excluding hydrogens is 444 g/mol. The normalized spacial score (nSPS) is 12.8. The van der Waals surface area contributed by atoms with Crippen LogP contribution in [0.4, 0.5) is 0 Å². The van der Waals surface area contributed by atoms with Gasteiger partial charge in [0.1, 0.15) is 0 Å². The first-order valence-electron chi connectivity index (χ1n) is 9.28. The van der Waals surface area contributed by atoms with Crippen LogP contribution in [0, 0.1) is 0 Å². The molecule has 2 unspecified atom stereocenters. The monoisotopic (exact) mass is 472 g/mol. The van der Waals surface area contributed by atoms with E-state index in [1.165, 1.54) is 30.3 Å². The maximum atomic E-state index is 9.77. The van der Waals surface area contributed by atoms with Crippen molar-refractivity contribution in [2.45, 2.75) is 24.7 Å². The lowest BCUT2D eigenvalue weighted by Gasteiger charge is -2.08. The number of hydrogen-bond acceptors (Lipinski definition) is 11. The Hall–Kier alpha value is -3.62. The van der Waals surface area contributed by atoms with E-state index in [1.807, 2.05) is 0 Å². The molecule has 0 saturated carbocycles. The summed E-state index contributed by atoms with van der Waals surface area (Å²) in [6.45, 7) is 0.633. The number of carboxylic acids is 2. The number of carbonyl (C=O) groups is 2. The summed E-state index contributed by atoms with van der Waals surface area (Å²) in [5.74, 6) is -4.17. The lowest BCUT2D eigenvalue weighted by atomic mass is 10.1. The predicted molar refractivity (Wildman–Crippen MR) is 114 cm³/mol. The van der Waals surface area contributed by atoms with E-state index in [0.717, 1.165) is 5.56 Å². The van der Waals surface area contributed by atoms with Crippen LogP contribution in [-0.2, 0) is 16.0 Å². The molecule has 0 fully saturated rings. The first-order chi connectivity index (χ1) is 15.3. The Bertz CT molecular complexity index is 890. The first kappa shape index (κ1) is 29.4. The number of benzene rings is 2. The maximum absolute atomic E-state index is 9.77. The van der Waals surface area contributed by atoms with E-state index in [2.05, 4.69) is 0 Å². The Morgan fingerprint density at radius 1 is 0.727 bits per heavy atom. The number of carboxylic acid groups (broad SMARTS) is 2. The largest absolute Gasteiger partial charge is 0.504 e. The van der Waals surface area contributed by atoms with Gasteiger partial charge in [-0.1, -0.05) is 12.1 Å². The Morgan fingerprint density at radius 2 is 1.18 bits per heavy atom. The fourth-order valence-electron chi connectivity index (χ4n) is 2.05. The van der Waals surface area contributed by atoms with Gasteiger partial charge in [-0.2, -0.15) is 0 Å². The van der Waals surface area contributed by atoms with Gasteiger partial charge in [-0.3, -0.25) is 0 Å². The van der Waals surface area contributed by atoms with Crippen molar-refractivity contribution in [3.05, 3.63) is 47.5 Å². The van der Waals surface area contributed by atoms with Crippen LogP contribution in [-0.4, -0.2) is 83.2 Å². The molecule has 0 radical (unpaired) electrons. The van der Waals surface area contributed by atoms with E-state index >= 15 is 0 Å². The second-order valence-corrected chi connectivity index (χ2v) is 6.43. The third kappa shape index (κ3) is 10.5. The molecule has 2 rings (SSSR count). The summed E-state index contributed by atoms with van der Waals surface area (Å²) in [6.07, 6.45) is -4.61. The van der Waals surface area contributed by atoms with Crippen LogP contribution in [0.2, 0.25) is 0 Å². The number of aromatic hydroxyl groups is 4. The molecule has 0 aliphatic heterocycles. The van der Waals surface area contributed by atoms with Crippen LogP contribution < -0.4 is 11.5 Å². The van der Waals surface area contributed by atoms with Gasteiger partial charge < -0.3 is 57.4 Å². The molecule has 0 saturated heterocycles. The van der Waals surface area contributed by atoms with Crippen molar-refractivity contribution in [3.8, 4) is 23.0 Å². The summed E-state index contributed by atoms with van der Waals surface area (Å²) in [5, 5.41) is 77.7. The molecule has 184 valence electrons. The highest BCUT2D eigenvalue weighted by atomic mass is 16.4. The predicted octanol–water partition coefficient (Wildman–Crippen LogP) is -1.43. The number of aliphatic carboxylic acids is 2. The summed E-state index contributed by atoms with van der Waals surface area (Å²) in [4.78, 5) is 19.5. The maximum Gasteiger partial charge on any atom is 0.335 e. The van der Waals surface area contributed by atoms with Crippen LogP contribution in [0.1, 0.15) is 17.2 Å². The average Bonchev–Trinajstić information content (AvgIpc) is 2.77. The van der Waals surface area contributed by atoms with E-state index in [4.69, 9.17) is 52.3 Å². The van der Waals surface area contributed by atoms with Gasteiger partial charge >= 0.3 is 11.9 Å². The molecule has 0 aromatic heterocycles. The third-order valence-corrected chi connectivity index (χ3v) is 3.89. The van der Waals surface area contributed by atoms with E-state index < -0.39 is 30.3 Å². The molecule has 0 spiro atoms. The van der Waals surface area contributed by atoms with Crippen LogP contribution >= 0.6 is 0 Å². The topological polar surface area (TPSA) is 268 Å². The number of nitrogens with two attached hydrogens (primary N) is 2. The summed E-state index contributed by atoms with van der Waals surface area (Å²) >= 11 is 0.